The number of fused-ring (bicyclic) bond motifs is 1. The first-order chi connectivity index (χ1) is 8.85. The summed E-state index contributed by atoms with van der Waals surface area (Å²) < 4.78 is 11.8. The summed E-state index contributed by atoms with van der Waals surface area (Å²) in [7, 11) is 0. The highest BCUT2D eigenvalue weighted by Gasteiger charge is 2.38. The summed E-state index contributed by atoms with van der Waals surface area (Å²) in [6, 6.07) is 0. The third-order valence-electron chi connectivity index (χ3n) is 4.42. The van der Waals surface area contributed by atoms with E-state index >= 15 is 0 Å². The minimum atomic E-state index is 0.414. The molecular weight excluding hydrogens is 224 g/mol. The van der Waals surface area contributed by atoms with Gasteiger partial charge in [-0.05, 0) is 43.9 Å². The highest BCUT2D eigenvalue weighted by molar-refractivity contribution is 4.90. The van der Waals surface area contributed by atoms with Crippen molar-refractivity contribution in [3.63, 3.8) is 0 Å². The Morgan fingerprint density at radius 1 is 0.944 bits per heavy atom. The molecule has 18 heavy (non-hydrogen) atoms. The monoisotopic (exact) mass is 250 g/mol. The maximum absolute atomic E-state index is 5.96. The highest BCUT2D eigenvalue weighted by Crippen LogP contribution is 2.42. The summed E-state index contributed by atoms with van der Waals surface area (Å²) in [6.07, 6.45) is 12.1. The van der Waals surface area contributed by atoms with Gasteiger partial charge in [0.25, 0.3) is 0 Å². The molecule has 0 spiro atoms. The van der Waals surface area contributed by atoms with Crippen LogP contribution in [0.3, 0.4) is 0 Å². The van der Waals surface area contributed by atoms with E-state index in [9.17, 15) is 0 Å². The van der Waals surface area contributed by atoms with Crippen LogP contribution in [0.15, 0.2) is 25.3 Å². The lowest BCUT2D eigenvalue weighted by atomic mass is 9.68. The molecule has 2 saturated carbocycles. The van der Waals surface area contributed by atoms with Gasteiger partial charge in [0.2, 0.25) is 0 Å². The van der Waals surface area contributed by atoms with Crippen molar-refractivity contribution in [2.75, 3.05) is 13.2 Å². The molecule has 0 aromatic rings. The molecule has 0 aliphatic heterocycles. The van der Waals surface area contributed by atoms with Gasteiger partial charge in [0, 0.05) is 0 Å². The molecule has 2 rings (SSSR count). The molecule has 0 saturated heterocycles. The molecule has 0 amide bonds. The first kappa shape index (κ1) is 13.8. The normalized spacial score (nSPS) is 35.8. The van der Waals surface area contributed by atoms with Gasteiger partial charge in [-0.3, -0.25) is 0 Å². The van der Waals surface area contributed by atoms with Gasteiger partial charge in [-0.1, -0.05) is 18.6 Å². The molecular formula is C16H26O2. The Labute approximate surface area is 111 Å². The summed E-state index contributed by atoms with van der Waals surface area (Å²) in [5, 5.41) is 0. The van der Waals surface area contributed by atoms with Crippen LogP contribution in [0.2, 0.25) is 0 Å². The molecule has 2 nitrogen and oxygen atoms in total. The van der Waals surface area contributed by atoms with Crippen molar-refractivity contribution in [2.24, 2.45) is 11.8 Å². The summed E-state index contributed by atoms with van der Waals surface area (Å²) in [5.74, 6) is 1.56. The summed E-state index contributed by atoms with van der Waals surface area (Å²) in [4.78, 5) is 0. The Hall–Kier alpha value is -0.600. The number of hydrogen-bond acceptors (Lipinski definition) is 2. The van der Waals surface area contributed by atoms with Gasteiger partial charge < -0.3 is 9.47 Å². The van der Waals surface area contributed by atoms with Crippen LogP contribution in [0, 0.1) is 11.8 Å². The number of rotatable bonds is 6. The second-order valence-electron chi connectivity index (χ2n) is 5.57. The fraction of sp³-hybridized carbons (Fsp3) is 0.750. The zero-order chi connectivity index (χ0) is 12.8. The van der Waals surface area contributed by atoms with Crippen LogP contribution < -0.4 is 0 Å². The van der Waals surface area contributed by atoms with Crippen LogP contribution in [0.1, 0.15) is 38.5 Å². The van der Waals surface area contributed by atoms with E-state index in [1.807, 2.05) is 12.2 Å². The first-order valence-corrected chi connectivity index (χ1v) is 7.30. The van der Waals surface area contributed by atoms with Crippen molar-refractivity contribution in [3.8, 4) is 0 Å². The minimum Gasteiger partial charge on any atom is -0.374 e. The van der Waals surface area contributed by atoms with Gasteiger partial charge in [0.15, 0.2) is 0 Å². The fourth-order valence-electron chi connectivity index (χ4n) is 3.59. The maximum atomic E-state index is 5.96. The van der Waals surface area contributed by atoms with Gasteiger partial charge in [-0.15, -0.1) is 13.2 Å². The van der Waals surface area contributed by atoms with Crippen molar-refractivity contribution in [2.45, 2.75) is 50.7 Å². The molecule has 0 radical (unpaired) electrons. The second kappa shape index (κ2) is 7.10. The zero-order valence-electron chi connectivity index (χ0n) is 11.4. The Kier molecular flexibility index (Phi) is 5.45. The van der Waals surface area contributed by atoms with Crippen molar-refractivity contribution >= 4 is 0 Å². The van der Waals surface area contributed by atoms with E-state index in [0.717, 1.165) is 5.92 Å². The van der Waals surface area contributed by atoms with Crippen LogP contribution in [0.25, 0.3) is 0 Å². The Balaban J connectivity index is 1.89. The van der Waals surface area contributed by atoms with E-state index in [1.165, 1.54) is 38.5 Å². The molecule has 0 bridgehead atoms. The average molecular weight is 250 g/mol. The van der Waals surface area contributed by atoms with E-state index in [0.29, 0.717) is 31.3 Å². The molecule has 2 aliphatic carbocycles. The summed E-state index contributed by atoms with van der Waals surface area (Å²) in [6.45, 7) is 8.83. The van der Waals surface area contributed by atoms with E-state index in [-0.39, 0.29) is 0 Å². The van der Waals surface area contributed by atoms with Crippen LogP contribution >= 0.6 is 0 Å². The molecule has 0 aromatic carbocycles. The van der Waals surface area contributed by atoms with E-state index in [1.54, 1.807) is 0 Å². The van der Waals surface area contributed by atoms with Gasteiger partial charge in [-0.25, -0.2) is 0 Å². The number of hydrogen-bond donors (Lipinski definition) is 0. The molecule has 4 atom stereocenters. The molecule has 0 heterocycles. The van der Waals surface area contributed by atoms with Crippen molar-refractivity contribution in [1.82, 2.24) is 0 Å². The van der Waals surface area contributed by atoms with Crippen molar-refractivity contribution < 1.29 is 9.47 Å². The summed E-state index contributed by atoms with van der Waals surface area (Å²) >= 11 is 0. The third kappa shape index (κ3) is 3.46. The maximum Gasteiger partial charge on any atom is 0.0648 e. The lowest BCUT2D eigenvalue weighted by molar-refractivity contribution is -0.0742. The van der Waals surface area contributed by atoms with Gasteiger partial charge in [0.05, 0.1) is 25.4 Å². The lowest BCUT2D eigenvalue weighted by Gasteiger charge is -2.43. The van der Waals surface area contributed by atoms with E-state index in [2.05, 4.69) is 13.2 Å². The average Bonchev–Trinajstić information content (AvgIpc) is 2.42. The van der Waals surface area contributed by atoms with Gasteiger partial charge in [0.1, 0.15) is 0 Å². The highest BCUT2D eigenvalue weighted by atomic mass is 16.5. The molecule has 0 N–H and O–H groups in total. The van der Waals surface area contributed by atoms with Crippen LogP contribution in [-0.4, -0.2) is 25.4 Å². The van der Waals surface area contributed by atoms with Crippen LogP contribution in [0.5, 0.6) is 0 Å². The topological polar surface area (TPSA) is 18.5 Å². The molecule has 2 fully saturated rings. The smallest absolute Gasteiger partial charge is 0.0648 e. The van der Waals surface area contributed by atoms with Crippen molar-refractivity contribution in [3.05, 3.63) is 25.3 Å². The predicted octanol–water partition coefficient (Wildman–Crippen LogP) is 3.73. The van der Waals surface area contributed by atoms with Gasteiger partial charge in [-0.2, -0.15) is 0 Å². The van der Waals surface area contributed by atoms with Gasteiger partial charge >= 0.3 is 0 Å². The quantitative estimate of drug-likeness (QED) is 0.669. The second-order valence-corrected chi connectivity index (χ2v) is 5.57. The largest absolute Gasteiger partial charge is 0.374 e. The fourth-order valence-corrected chi connectivity index (χ4v) is 3.59. The minimum absolute atomic E-state index is 0.414. The third-order valence-corrected chi connectivity index (χ3v) is 4.42. The van der Waals surface area contributed by atoms with Crippen LogP contribution in [-0.2, 0) is 9.47 Å². The summed E-state index contributed by atoms with van der Waals surface area (Å²) in [5.41, 5.74) is 0. The zero-order valence-corrected chi connectivity index (χ0v) is 11.4. The molecule has 4 unspecified atom stereocenters. The van der Waals surface area contributed by atoms with E-state index in [4.69, 9.17) is 9.47 Å². The Morgan fingerprint density at radius 3 is 2.50 bits per heavy atom. The van der Waals surface area contributed by atoms with Crippen molar-refractivity contribution in [1.29, 1.82) is 0 Å². The predicted molar refractivity (Wildman–Crippen MR) is 74.6 cm³/mol. The van der Waals surface area contributed by atoms with Crippen LogP contribution in [0.4, 0.5) is 0 Å². The first-order valence-electron chi connectivity index (χ1n) is 7.30. The number of ether oxygens (including phenoxy) is 2. The Morgan fingerprint density at radius 2 is 1.72 bits per heavy atom. The Bertz CT molecular complexity index is 274. The molecule has 102 valence electrons. The molecule has 2 aliphatic rings. The standard InChI is InChI=1S/C16H26O2/c1-3-10-17-14-9-8-13-6-5-7-16(15(13)12-14)18-11-4-2/h3-4,13-16H,1-2,5-12H2. The van der Waals surface area contributed by atoms with E-state index < -0.39 is 0 Å². The molecule has 0 aromatic heterocycles. The SMILES string of the molecule is C=CCOC1CCC2CCCC(OCC=C)C2C1. The molecule has 2 heteroatoms. The lowest BCUT2D eigenvalue weighted by Crippen LogP contribution is -2.41.